The molecule has 4 heteroatoms. The molecule has 2 heterocycles. The summed E-state index contributed by atoms with van der Waals surface area (Å²) in [7, 11) is 0. The zero-order valence-electron chi connectivity index (χ0n) is 9.69. The molecule has 0 aliphatic carbocycles. The summed E-state index contributed by atoms with van der Waals surface area (Å²) < 4.78 is 11.1. The SMILES string of the molecule is c1cc2cnoc2cc1OC1CCCNCC1. The number of rotatable bonds is 2. The lowest BCUT2D eigenvalue weighted by Gasteiger charge is -2.16. The third-order valence-corrected chi connectivity index (χ3v) is 3.15. The highest BCUT2D eigenvalue weighted by molar-refractivity contribution is 5.77. The van der Waals surface area contributed by atoms with Crippen molar-refractivity contribution in [1.82, 2.24) is 10.5 Å². The molecular formula is C13H16N2O2. The van der Waals surface area contributed by atoms with E-state index in [2.05, 4.69) is 10.5 Å². The quantitative estimate of drug-likeness (QED) is 0.863. The molecule has 3 rings (SSSR count). The molecule has 4 nitrogen and oxygen atoms in total. The van der Waals surface area contributed by atoms with Crippen LogP contribution in [-0.4, -0.2) is 24.4 Å². The molecule has 2 aromatic rings. The van der Waals surface area contributed by atoms with Crippen LogP contribution in [0.15, 0.2) is 28.9 Å². The Kier molecular flexibility index (Phi) is 2.96. The summed E-state index contributed by atoms with van der Waals surface area (Å²) in [5, 5.41) is 8.16. The molecule has 0 radical (unpaired) electrons. The molecule has 1 unspecified atom stereocenters. The standard InChI is InChI=1S/C13H16N2O2/c1-2-11(5-7-14-6-1)16-12-4-3-10-9-15-17-13(10)8-12/h3-4,8-9,11,14H,1-2,5-7H2. The fraction of sp³-hybridized carbons (Fsp3) is 0.462. The highest BCUT2D eigenvalue weighted by atomic mass is 16.5. The zero-order chi connectivity index (χ0) is 11.5. The van der Waals surface area contributed by atoms with E-state index in [9.17, 15) is 0 Å². The third kappa shape index (κ3) is 2.42. The Labute approximate surface area is 99.9 Å². The highest BCUT2D eigenvalue weighted by Gasteiger charge is 2.13. The number of nitrogens with zero attached hydrogens (tertiary/aromatic N) is 1. The van der Waals surface area contributed by atoms with Crippen LogP contribution in [0, 0.1) is 0 Å². The smallest absolute Gasteiger partial charge is 0.170 e. The summed E-state index contributed by atoms with van der Waals surface area (Å²) in [6.07, 6.45) is 5.38. The lowest BCUT2D eigenvalue weighted by molar-refractivity contribution is 0.187. The van der Waals surface area contributed by atoms with Gasteiger partial charge in [-0.05, 0) is 44.5 Å². The van der Waals surface area contributed by atoms with Crippen LogP contribution in [0.1, 0.15) is 19.3 Å². The van der Waals surface area contributed by atoms with Gasteiger partial charge in [0.05, 0.1) is 12.3 Å². The second kappa shape index (κ2) is 4.75. The van der Waals surface area contributed by atoms with Gasteiger partial charge in [0.1, 0.15) is 5.75 Å². The van der Waals surface area contributed by atoms with Gasteiger partial charge in [0.2, 0.25) is 0 Å². The van der Waals surface area contributed by atoms with Gasteiger partial charge in [-0.25, -0.2) is 0 Å². The summed E-state index contributed by atoms with van der Waals surface area (Å²) in [6.45, 7) is 2.14. The van der Waals surface area contributed by atoms with Gasteiger partial charge < -0.3 is 14.6 Å². The van der Waals surface area contributed by atoms with Crippen molar-refractivity contribution < 1.29 is 9.26 Å². The highest BCUT2D eigenvalue weighted by Crippen LogP contribution is 2.23. The molecule has 1 N–H and O–H groups in total. The van der Waals surface area contributed by atoms with Crippen molar-refractivity contribution in [3.8, 4) is 5.75 Å². The molecule has 1 aromatic heterocycles. The molecule has 0 spiro atoms. The first kappa shape index (κ1) is 10.6. The first-order chi connectivity index (χ1) is 8.42. The minimum Gasteiger partial charge on any atom is -0.490 e. The number of hydrogen-bond acceptors (Lipinski definition) is 4. The molecule has 1 fully saturated rings. The van der Waals surface area contributed by atoms with Gasteiger partial charge in [0.15, 0.2) is 5.58 Å². The number of fused-ring (bicyclic) bond motifs is 1. The Hall–Kier alpha value is -1.55. The number of hydrogen-bond donors (Lipinski definition) is 1. The monoisotopic (exact) mass is 232 g/mol. The summed E-state index contributed by atoms with van der Waals surface area (Å²) >= 11 is 0. The predicted octanol–water partition coefficient (Wildman–Crippen LogP) is 2.35. The third-order valence-electron chi connectivity index (χ3n) is 3.15. The Morgan fingerprint density at radius 2 is 2.29 bits per heavy atom. The van der Waals surface area contributed by atoms with Crippen molar-refractivity contribution in [3.05, 3.63) is 24.4 Å². The van der Waals surface area contributed by atoms with Crippen molar-refractivity contribution in [1.29, 1.82) is 0 Å². The van der Waals surface area contributed by atoms with Crippen LogP contribution in [0.3, 0.4) is 0 Å². The average molecular weight is 232 g/mol. The van der Waals surface area contributed by atoms with E-state index >= 15 is 0 Å². The fourth-order valence-electron chi connectivity index (χ4n) is 2.21. The molecule has 0 amide bonds. The Morgan fingerprint density at radius 3 is 3.29 bits per heavy atom. The van der Waals surface area contributed by atoms with Gasteiger partial charge in [-0.15, -0.1) is 0 Å². The Morgan fingerprint density at radius 1 is 1.29 bits per heavy atom. The summed E-state index contributed by atoms with van der Waals surface area (Å²) in [6, 6.07) is 5.88. The lowest BCUT2D eigenvalue weighted by Crippen LogP contribution is -2.19. The normalized spacial score (nSPS) is 21.3. The largest absolute Gasteiger partial charge is 0.490 e. The predicted molar refractivity (Wildman–Crippen MR) is 65.1 cm³/mol. The Balaban J connectivity index is 1.74. The van der Waals surface area contributed by atoms with Crippen LogP contribution < -0.4 is 10.1 Å². The van der Waals surface area contributed by atoms with Crippen LogP contribution in [0.25, 0.3) is 11.0 Å². The van der Waals surface area contributed by atoms with E-state index in [1.165, 1.54) is 6.42 Å². The average Bonchev–Trinajstić information content (AvgIpc) is 2.65. The maximum Gasteiger partial charge on any atom is 0.170 e. The lowest BCUT2D eigenvalue weighted by atomic mass is 10.1. The molecule has 90 valence electrons. The summed E-state index contributed by atoms with van der Waals surface area (Å²) in [5.41, 5.74) is 0.786. The van der Waals surface area contributed by atoms with Crippen molar-refractivity contribution in [2.24, 2.45) is 0 Å². The first-order valence-corrected chi connectivity index (χ1v) is 6.14. The van der Waals surface area contributed by atoms with Crippen molar-refractivity contribution in [2.45, 2.75) is 25.4 Å². The zero-order valence-corrected chi connectivity index (χ0v) is 9.69. The van der Waals surface area contributed by atoms with E-state index in [4.69, 9.17) is 9.26 Å². The van der Waals surface area contributed by atoms with E-state index in [1.807, 2.05) is 18.2 Å². The maximum absolute atomic E-state index is 5.98. The van der Waals surface area contributed by atoms with Gasteiger partial charge in [-0.3, -0.25) is 0 Å². The molecule has 1 aliphatic rings. The molecule has 1 aromatic carbocycles. The summed E-state index contributed by atoms with van der Waals surface area (Å²) in [5.74, 6) is 0.876. The molecule has 1 aliphatic heterocycles. The van der Waals surface area contributed by atoms with E-state index in [1.54, 1.807) is 6.20 Å². The number of ether oxygens (including phenoxy) is 1. The van der Waals surface area contributed by atoms with Gasteiger partial charge in [-0.2, -0.15) is 0 Å². The van der Waals surface area contributed by atoms with Crippen LogP contribution in [0.2, 0.25) is 0 Å². The van der Waals surface area contributed by atoms with Crippen LogP contribution in [-0.2, 0) is 0 Å². The van der Waals surface area contributed by atoms with Crippen molar-refractivity contribution in [2.75, 3.05) is 13.1 Å². The second-order valence-corrected chi connectivity index (χ2v) is 4.45. The van der Waals surface area contributed by atoms with E-state index in [0.29, 0.717) is 6.10 Å². The minimum atomic E-state index is 0.311. The molecule has 1 atom stereocenters. The van der Waals surface area contributed by atoms with E-state index < -0.39 is 0 Å². The molecular weight excluding hydrogens is 216 g/mol. The first-order valence-electron chi connectivity index (χ1n) is 6.14. The maximum atomic E-state index is 5.98. The van der Waals surface area contributed by atoms with Crippen LogP contribution >= 0.6 is 0 Å². The number of nitrogens with one attached hydrogen (secondary N) is 1. The molecule has 17 heavy (non-hydrogen) atoms. The number of benzene rings is 1. The van der Waals surface area contributed by atoms with Crippen molar-refractivity contribution >= 4 is 11.0 Å². The van der Waals surface area contributed by atoms with E-state index in [0.717, 1.165) is 42.6 Å². The van der Waals surface area contributed by atoms with Gasteiger partial charge in [0.25, 0.3) is 0 Å². The summed E-state index contributed by atoms with van der Waals surface area (Å²) in [4.78, 5) is 0. The Bertz CT molecular complexity index is 487. The molecule has 0 saturated carbocycles. The number of aromatic nitrogens is 1. The van der Waals surface area contributed by atoms with Gasteiger partial charge in [-0.1, -0.05) is 5.16 Å². The minimum absolute atomic E-state index is 0.311. The van der Waals surface area contributed by atoms with Crippen LogP contribution in [0.4, 0.5) is 0 Å². The molecule has 1 saturated heterocycles. The topological polar surface area (TPSA) is 47.3 Å². The second-order valence-electron chi connectivity index (χ2n) is 4.45. The van der Waals surface area contributed by atoms with Gasteiger partial charge >= 0.3 is 0 Å². The fourth-order valence-corrected chi connectivity index (χ4v) is 2.21. The molecule has 0 bridgehead atoms. The van der Waals surface area contributed by atoms with E-state index in [-0.39, 0.29) is 0 Å². The van der Waals surface area contributed by atoms with Crippen LogP contribution in [0.5, 0.6) is 5.75 Å². The van der Waals surface area contributed by atoms with Crippen molar-refractivity contribution in [3.63, 3.8) is 0 Å². The van der Waals surface area contributed by atoms with Gasteiger partial charge in [0, 0.05) is 11.5 Å².